The normalized spacial score (nSPS) is 25.1. The lowest BCUT2D eigenvalue weighted by Gasteiger charge is -2.35. The van der Waals surface area contributed by atoms with Crippen LogP contribution in [0.3, 0.4) is 0 Å². The van der Waals surface area contributed by atoms with Gasteiger partial charge in [0.15, 0.2) is 0 Å². The van der Waals surface area contributed by atoms with Gasteiger partial charge >= 0.3 is 0 Å². The van der Waals surface area contributed by atoms with Crippen LogP contribution in [0.1, 0.15) is 61.9 Å². The standard InChI is InChI=1S/C18H24N2O/c1-3-14-5-7-16(8-6-14)17(21)20-18(13-19)11-9-15(4-2)10-12-18/h5-8,15H,3-4,9-12H2,1-2H3,(H,20,21). The molecule has 0 aromatic heterocycles. The van der Waals surface area contributed by atoms with Crippen molar-refractivity contribution in [3.63, 3.8) is 0 Å². The quantitative estimate of drug-likeness (QED) is 0.913. The maximum atomic E-state index is 12.4. The van der Waals surface area contributed by atoms with Crippen LogP contribution in [0.25, 0.3) is 0 Å². The van der Waals surface area contributed by atoms with Gasteiger partial charge in [0.25, 0.3) is 5.91 Å². The highest BCUT2D eigenvalue weighted by molar-refractivity contribution is 5.95. The number of hydrogen-bond donors (Lipinski definition) is 1. The van der Waals surface area contributed by atoms with E-state index >= 15 is 0 Å². The summed E-state index contributed by atoms with van der Waals surface area (Å²) in [6.07, 6.45) is 5.70. The molecular formula is C18H24N2O. The van der Waals surface area contributed by atoms with Gasteiger partial charge in [-0.1, -0.05) is 32.4 Å². The average Bonchev–Trinajstić information content (AvgIpc) is 2.55. The van der Waals surface area contributed by atoms with Crippen LogP contribution in [0.2, 0.25) is 0 Å². The van der Waals surface area contributed by atoms with Gasteiger partial charge in [-0.25, -0.2) is 0 Å². The van der Waals surface area contributed by atoms with Gasteiger partial charge in [0.2, 0.25) is 0 Å². The molecule has 3 nitrogen and oxygen atoms in total. The van der Waals surface area contributed by atoms with Gasteiger partial charge in [-0.05, 0) is 55.7 Å². The molecule has 2 rings (SSSR count). The molecule has 1 fully saturated rings. The smallest absolute Gasteiger partial charge is 0.252 e. The molecule has 21 heavy (non-hydrogen) atoms. The number of carbonyl (C=O) groups excluding carboxylic acids is 1. The molecule has 0 atom stereocenters. The van der Waals surface area contributed by atoms with Crippen molar-refractivity contribution in [2.24, 2.45) is 5.92 Å². The van der Waals surface area contributed by atoms with Crippen molar-refractivity contribution < 1.29 is 4.79 Å². The Bertz CT molecular complexity index is 519. The van der Waals surface area contributed by atoms with Crippen molar-refractivity contribution in [1.82, 2.24) is 5.32 Å². The van der Waals surface area contributed by atoms with Gasteiger partial charge in [-0.15, -0.1) is 0 Å². The molecule has 0 radical (unpaired) electrons. The lowest BCUT2D eigenvalue weighted by atomic mass is 9.76. The number of nitrogens with zero attached hydrogens (tertiary/aromatic N) is 1. The summed E-state index contributed by atoms with van der Waals surface area (Å²) < 4.78 is 0. The number of nitriles is 1. The first kappa shape index (κ1) is 15.6. The Balaban J connectivity index is 2.04. The average molecular weight is 284 g/mol. The Labute approximate surface area is 127 Å². The first-order chi connectivity index (χ1) is 10.1. The predicted octanol–water partition coefficient (Wildman–Crippen LogP) is 3.84. The number of rotatable bonds is 4. The maximum Gasteiger partial charge on any atom is 0.252 e. The van der Waals surface area contributed by atoms with Crippen molar-refractivity contribution in [1.29, 1.82) is 5.26 Å². The molecule has 0 bridgehead atoms. The molecule has 1 saturated carbocycles. The Morgan fingerprint density at radius 3 is 2.38 bits per heavy atom. The number of amides is 1. The summed E-state index contributed by atoms with van der Waals surface area (Å²) in [6.45, 7) is 4.28. The van der Waals surface area contributed by atoms with Gasteiger partial charge in [0, 0.05) is 5.56 Å². The monoisotopic (exact) mass is 284 g/mol. The Hall–Kier alpha value is -1.82. The van der Waals surface area contributed by atoms with Gasteiger partial charge in [0.05, 0.1) is 6.07 Å². The summed E-state index contributed by atoms with van der Waals surface area (Å²) in [7, 11) is 0. The molecule has 3 heteroatoms. The lowest BCUT2D eigenvalue weighted by molar-refractivity contribution is 0.0891. The second kappa shape index (κ2) is 6.76. The second-order valence-electron chi connectivity index (χ2n) is 6.05. The molecule has 0 heterocycles. The molecule has 1 aromatic carbocycles. The molecule has 112 valence electrons. The number of hydrogen-bond acceptors (Lipinski definition) is 2. The number of aryl methyl sites for hydroxylation is 1. The Morgan fingerprint density at radius 2 is 1.90 bits per heavy atom. The van der Waals surface area contributed by atoms with Crippen LogP contribution in [0.4, 0.5) is 0 Å². The molecule has 1 aliphatic rings. The SMILES string of the molecule is CCc1ccc(C(=O)NC2(C#N)CCC(CC)CC2)cc1. The van der Waals surface area contributed by atoms with Gasteiger partial charge < -0.3 is 5.32 Å². The highest BCUT2D eigenvalue weighted by atomic mass is 16.1. The van der Waals surface area contributed by atoms with Crippen LogP contribution in [-0.4, -0.2) is 11.4 Å². The minimum Gasteiger partial charge on any atom is -0.334 e. The molecular weight excluding hydrogens is 260 g/mol. The first-order valence-electron chi connectivity index (χ1n) is 7.95. The topological polar surface area (TPSA) is 52.9 Å². The summed E-state index contributed by atoms with van der Waals surface area (Å²) in [6, 6.07) is 9.99. The third-order valence-electron chi connectivity index (χ3n) is 4.73. The van der Waals surface area contributed by atoms with Crippen LogP contribution in [0.5, 0.6) is 0 Å². The number of nitrogens with one attached hydrogen (secondary N) is 1. The largest absolute Gasteiger partial charge is 0.334 e. The summed E-state index contributed by atoms with van der Waals surface area (Å²) >= 11 is 0. The van der Waals surface area contributed by atoms with Crippen molar-refractivity contribution >= 4 is 5.91 Å². The second-order valence-corrected chi connectivity index (χ2v) is 6.05. The van der Waals surface area contributed by atoms with Gasteiger partial charge in [0.1, 0.15) is 5.54 Å². The van der Waals surface area contributed by atoms with Crippen molar-refractivity contribution in [2.45, 2.75) is 57.9 Å². The maximum absolute atomic E-state index is 12.4. The van der Waals surface area contributed by atoms with Gasteiger partial charge in [-0.2, -0.15) is 5.26 Å². The van der Waals surface area contributed by atoms with Crippen LogP contribution in [0.15, 0.2) is 24.3 Å². The van der Waals surface area contributed by atoms with Crippen LogP contribution in [-0.2, 0) is 6.42 Å². The highest BCUT2D eigenvalue weighted by Gasteiger charge is 2.36. The fourth-order valence-electron chi connectivity index (χ4n) is 3.02. The summed E-state index contributed by atoms with van der Waals surface area (Å²) in [4.78, 5) is 12.4. The van der Waals surface area contributed by atoms with E-state index < -0.39 is 5.54 Å². The fourth-order valence-corrected chi connectivity index (χ4v) is 3.02. The van der Waals surface area contributed by atoms with Crippen molar-refractivity contribution in [2.75, 3.05) is 0 Å². The van der Waals surface area contributed by atoms with E-state index in [1.807, 2.05) is 24.3 Å². The third-order valence-corrected chi connectivity index (χ3v) is 4.73. The van der Waals surface area contributed by atoms with E-state index in [0.29, 0.717) is 11.5 Å². The van der Waals surface area contributed by atoms with E-state index in [4.69, 9.17) is 0 Å². The van der Waals surface area contributed by atoms with Gasteiger partial charge in [-0.3, -0.25) is 4.79 Å². The number of carbonyl (C=O) groups is 1. The van der Waals surface area contributed by atoms with Crippen LogP contribution >= 0.6 is 0 Å². The zero-order valence-corrected chi connectivity index (χ0v) is 13.0. The minimum atomic E-state index is -0.674. The van der Waals surface area contributed by atoms with E-state index in [0.717, 1.165) is 38.5 Å². The van der Waals surface area contributed by atoms with Crippen molar-refractivity contribution in [3.8, 4) is 6.07 Å². The number of benzene rings is 1. The summed E-state index contributed by atoms with van der Waals surface area (Å²) in [5.74, 6) is 0.571. The van der Waals surface area contributed by atoms with E-state index in [2.05, 4.69) is 25.2 Å². The molecule has 1 aromatic rings. The molecule has 0 aliphatic heterocycles. The molecule has 1 aliphatic carbocycles. The Kier molecular flexibility index (Phi) is 5.01. The molecule has 0 unspecified atom stereocenters. The van der Waals surface area contributed by atoms with E-state index in [1.165, 1.54) is 5.56 Å². The summed E-state index contributed by atoms with van der Waals surface area (Å²) in [5.41, 5.74) is 1.18. The molecule has 1 amide bonds. The van der Waals surface area contributed by atoms with E-state index in [9.17, 15) is 10.1 Å². The van der Waals surface area contributed by atoms with E-state index in [-0.39, 0.29) is 5.91 Å². The van der Waals surface area contributed by atoms with Crippen LogP contribution in [0, 0.1) is 17.2 Å². The molecule has 0 spiro atoms. The lowest BCUT2D eigenvalue weighted by Crippen LogP contribution is -2.49. The minimum absolute atomic E-state index is 0.130. The van der Waals surface area contributed by atoms with Crippen molar-refractivity contribution in [3.05, 3.63) is 35.4 Å². The van der Waals surface area contributed by atoms with Crippen LogP contribution < -0.4 is 5.32 Å². The zero-order chi connectivity index (χ0) is 15.3. The Morgan fingerprint density at radius 1 is 1.29 bits per heavy atom. The van der Waals surface area contributed by atoms with E-state index in [1.54, 1.807) is 0 Å². The third kappa shape index (κ3) is 3.64. The summed E-state index contributed by atoms with van der Waals surface area (Å²) in [5, 5.41) is 12.5. The highest BCUT2D eigenvalue weighted by Crippen LogP contribution is 2.33. The molecule has 1 N–H and O–H groups in total. The molecule has 0 saturated heterocycles. The zero-order valence-electron chi connectivity index (χ0n) is 13.0. The fraction of sp³-hybridized carbons (Fsp3) is 0.556. The predicted molar refractivity (Wildman–Crippen MR) is 83.9 cm³/mol. The first-order valence-corrected chi connectivity index (χ1v) is 7.95.